The highest BCUT2D eigenvalue weighted by atomic mass is 32.1. The second kappa shape index (κ2) is 4.62. The summed E-state index contributed by atoms with van der Waals surface area (Å²) < 4.78 is 0. The summed E-state index contributed by atoms with van der Waals surface area (Å²) in [7, 11) is 0. The molecule has 0 N–H and O–H groups in total. The highest BCUT2D eigenvalue weighted by Gasteiger charge is 1.93. The van der Waals surface area contributed by atoms with Crippen LogP contribution in [0, 0.1) is 0 Å². The van der Waals surface area contributed by atoms with Crippen LogP contribution < -0.4 is 0 Å². The van der Waals surface area contributed by atoms with Crippen LogP contribution in [0.4, 0.5) is 0 Å². The monoisotopic (exact) mass is 144 g/mol. The van der Waals surface area contributed by atoms with Crippen LogP contribution >= 0.6 is 12.6 Å². The first kappa shape index (κ1) is 8.76. The highest BCUT2D eigenvalue weighted by Crippen LogP contribution is 2.00. The summed E-state index contributed by atoms with van der Waals surface area (Å²) in [5.41, 5.74) is 0.750. The predicted molar refractivity (Wildman–Crippen MR) is 42.7 cm³/mol. The van der Waals surface area contributed by atoms with Gasteiger partial charge in [0.1, 0.15) is 0 Å². The summed E-state index contributed by atoms with van der Waals surface area (Å²) in [6.45, 7) is 3.86. The normalized spacial score (nSPS) is 11.7. The molecule has 0 saturated carbocycles. The molecule has 52 valence electrons. The van der Waals surface area contributed by atoms with E-state index in [4.69, 9.17) is 0 Å². The molecule has 0 fully saturated rings. The van der Waals surface area contributed by atoms with Crippen LogP contribution in [0.25, 0.3) is 0 Å². The Labute approximate surface area is 61.6 Å². The van der Waals surface area contributed by atoms with Crippen LogP contribution in [-0.4, -0.2) is 5.12 Å². The van der Waals surface area contributed by atoms with Gasteiger partial charge in [0.25, 0.3) is 0 Å². The van der Waals surface area contributed by atoms with Gasteiger partial charge in [0.15, 0.2) is 0 Å². The molecule has 0 rings (SSSR count). The van der Waals surface area contributed by atoms with Crippen molar-refractivity contribution in [2.24, 2.45) is 0 Å². The number of unbranched alkanes of at least 4 members (excludes halogenated alkanes) is 1. The lowest BCUT2D eigenvalue weighted by Crippen LogP contribution is -1.86. The minimum Gasteiger partial charge on any atom is -0.282 e. The number of carbonyl (C=O) groups excluding carboxylic acids is 1. The summed E-state index contributed by atoms with van der Waals surface area (Å²) in [6, 6.07) is 0. The molecular formula is C7H12OS. The topological polar surface area (TPSA) is 17.1 Å². The van der Waals surface area contributed by atoms with Gasteiger partial charge in [-0.15, -0.1) is 12.6 Å². The molecule has 0 aromatic heterocycles. The van der Waals surface area contributed by atoms with E-state index in [1.165, 1.54) is 0 Å². The van der Waals surface area contributed by atoms with E-state index in [2.05, 4.69) is 19.6 Å². The third kappa shape index (κ3) is 4.28. The fraction of sp³-hybridized carbons (Fsp3) is 0.571. The molecule has 1 nitrogen and oxygen atoms in total. The summed E-state index contributed by atoms with van der Waals surface area (Å²) in [5.74, 6) is 0. The molecule has 0 spiro atoms. The number of thiol groups is 1. The summed E-state index contributed by atoms with van der Waals surface area (Å²) >= 11 is 3.66. The maximum atomic E-state index is 10.4. The first-order valence-electron chi connectivity index (χ1n) is 3.08. The van der Waals surface area contributed by atoms with Gasteiger partial charge in [-0.25, -0.2) is 0 Å². The molecule has 0 bridgehead atoms. The standard InChI is InChI=1S/C7H12OS/c1-3-4-5-6(2)7(8)9/h5H,3-4H2,1-2H3,(H,8,9)/b6-5+. The van der Waals surface area contributed by atoms with E-state index in [0.717, 1.165) is 18.4 Å². The summed E-state index contributed by atoms with van der Waals surface area (Å²) in [5, 5.41) is -0.122. The molecule has 0 amide bonds. The largest absolute Gasteiger partial charge is 0.282 e. The zero-order chi connectivity index (χ0) is 7.28. The van der Waals surface area contributed by atoms with Crippen molar-refractivity contribution in [3.63, 3.8) is 0 Å². The molecule has 0 aliphatic carbocycles. The van der Waals surface area contributed by atoms with Crippen LogP contribution in [0.15, 0.2) is 11.6 Å². The zero-order valence-corrected chi connectivity index (χ0v) is 6.74. The van der Waals surface area contributed by atoms with E-state index in [-0.39, 0.29) is 5.12 Å². The van der Waals surface area contributed by atoms with Crippen molar-refractivity contribution in [1.29, 1.82) is 0 Å². The van der Waals surface area contributed by atoms with Crippen LogP contribution in [0.2, 0.25) is 0 Å². The Morgan fingerprint density at radius 3 is 2.56 bits per heavy atom. The van der Waals surface area contributed by atoms with E-state index in [9.17, 15) is 4.79 Å². The Kier molecular flexibility index (Phi) is 4.50. The first-order chi connectivity index (χ1) is 4.18. The third-order valence-electron chi connectivity index (χ3n) is 1.08. The van der Waals surface area contributed by atoms with E-state index in [1.807, 2.05) is 6.08 Å². The van der Waals surface area contributed by atoms with Gasteiger partial charge in [0.05, 0.1) is 0 Å². The molecule has 9 heavy (non-hydrogen) atoms. The third-order valence-corrected chi connectivity index (χ3v) is 1.43. The van der Waals surface area contributed by atoms with Crippen LogP contribution in [0.5, 0.6) is 0 Å². The lowest BCUT2D eigenvalue weighted by Gasteiger charge is -1.90. The maximum absolute atomic E-state index is 10.4. The molecule has 0 radical (unpaired) electrons. The number of carbonyl (C=O) groups is 1. The number of hydrogen-bond acceptors (Lipinski definition) is 1. The Morgan fingerprint density at radius 2 is 2.22 bits per heavy atom. The van der Waals surface area contributed by atoms with Crippen LogP contribution in [-0.2, 0) is 4.79 Å². The van der Waals surface area contributed by atoms with Crippen molar-refractivity contribution < 1.29 is 4.79 Å². The van der Waals surface area contributed by atoms with E-state index >= 15 is 0 Å². The van der Waals surface area contributed by atoms with Gasteiger partial charge in [-0.3, -0.25) is 4.79 Å². The lowest BCUT2D eigenvalue weighted by atomic mass is 10.2. The minimum atomic E-state index is -0.122. The molecule has 0 aliphatic rings. The van der Waals surface area contributed by atoms with Gasteiger partial charge in [0.2, 0.25) is 5.12 Å². The fourth-order valence-electron chi connectivity index (χ4n) is 0.448. The molecule has 0 aromatic carbocycles. The quantitative estimate of drug-likeness (QED) is 0.474. The number of allylic oxidation sites excluding steroid dienone is 1. The fourth-order valence-corrected chi connectivity index (χ4v) is 0.539. The Morgan fingerprint density at radius 1 is 1.67 bits per heavy atom. The Hall–Kier alpha value is -0.240. The second-order valence-electron chi connectivity index (χ2n) is 1.98. The molecule has 0 saturated heterocycles. The smallest absolute Gasteiger partial charge is 0.211 e. The van der Waals surface area contributed by atoms with E-state index in [1.54, 1.807) is 6.92 Å². The lowest BCUT2D eigenvalue weighted by molar-refractivity contribution is -0.107. The predicted octanol–water partition coefficient (Wildman–Crippen LogP) is 2.19. The van der Waals surface area contributed by atoms with Gasteiger partial charge < -0.3 is 0 Å². The second-order valence-corrected chi connectivity index (χ2v) is 2.39. The van der Waals surface area contributed by atoms with Crippen molar-refractivity contribution in [3.05, 3.63) is 11.6 Å². The molecule has 0 aliphatic heterocycles. The SMILES string of the molecule is CCC/C=C(\C)C(=O)S. The average Bonchev–Trinajstić information content (AvgIpc) is 1.82. The van der Waals surface area contributed by atoms with E-state index < -0.39 is 0 Å². The van der Waals surface area contributed by atoms with Crippen molar-refractivity contribution in [1.82, 2.24) is 0 Å². The summed E-state index contributed by atoms with van der Waals surface area (Å²) in [4.78, 5) is 10.4. The molecule has 2 heteroatoms. The first-order valence-corrected chi connectivity index (χ1v) is 3.53. The molecule has 0 heterocycles. The Balaban J connectivity index is 3.69. The van der Waals surface area contributed by atoms with Crippen LogP contribution in [0.1, 0.15) is 26.7 Å². The van der Waals surface area contributed by atoms with Gasteiger partial charge in [-0.1, -0.05) is 19.4 Å². The van der Waals surface area contributed by atoms with E-state index in [0.29, 0.717) is 0 Å². The van der Waals surface area contributed by atoms with Crippen LogP contribution in [0.3, 0.4) is 0 Å². The highest BCUT2D eigenvalue weighted by molar-refractivity contribution is 7.97. The summed E-state index contributed by atoms with van der Waals surface area (Å²) in [6.07, 6.45) is 3.96. The zero-order valence-electron chi connectivity index (χ0n) is 5.85. The molecule has 0 unspecified atom stereocenters. The number of rotatable bonds is 3. The minimum absolute atomic E-state index is 0.122. The van der Waals surface area contributed by atoms with Gasteiger partial charge in [-0.05, 0) is 18.9 Å². The van der Waals surface area contributed by atoms with Gasteiger partial charge in [-0.2, -0.15) is 0 Å². The Bertz CT molecular complexity index is 127. The van der Waals surface area contributed by atoms with Gasteiger partial charge >= 0.3 is 0 Å². The van der Waals surface area contributed by atoms with Crippen molar-refractivity contribution in [2.75, 3.05) is 0 Å². The molecular weight excluding hydrogens is 132 g/mol. The number of hydrogen-bond donors (Lipinski definition) is 1. The van der Waals surface area contributed by atoms with Crippen molar-refractivity contribution in [3.8, 4) is 0 Å². The van der Waals surface area contributed by atoms with Gasteiger partial charge in [0, 0.05) is 0 Å². The maximum Gasteiger partial charge on any atom is 0.211 e. The molecule has 0 aromatic rings. The molecule has 0 atom stereocenters. The van der Waals surface area contributed by atoms with Crippen molar-refractivity contribution in [2.45, 2.75) is 26.7 Å². The van der Waals surface area contributed by atoms with Crippen molar-refractivity contribution >= 4 is 17.7 Å². The average molecular weight is 144 g/mol.